The van der Waals surface area contributed by atoms with Crippen molar-refractivity contribution < 1.29 is 13.2 Å². The molecule has 4 nitrogen and oxygen atoms in total. The molecule has 0 atom stereocenters. The van der Waals surface area contributed by atoms with Crippen LogP contribution in [-0.2, 0) is 10.0 Å². The van der Waals surface area contributed by atoms with Crippen LogP contribution < -0.4 is 4.72 Å². The molecule has 0 aliphatic rings. The van der Waals surface area contributed by atoms with Crippen LogP contribution in [0.1, 0.15) is 10.4 Å². The predicted octanol–water partition coefficient (Wildman–Crippen LogP) is 3.61. The topological polar surface area (TPSA) is 63.2 Å². The summed E-state index contributed by atoms with van der Waals surface area (Å²) >= 11 is 11.7. The van der Waals surface area contributed by atoms with Crippen molar-refractivity contribution in [2.75, 3.05) is 4.72 Å². The van der Waals surface area contributed by atoms with Gasteiger partial charge in [0.25, 0.3) is 10.0 Å². The zero-order chi connectivity index (χ0) is 14.8. The number of benzene rings is 2. The van der Waals surface area contributed by atoms with E-state index in [4.69, 9.17) is 23.2 Å². The highest BCUT2D eigenvalue weighted by molar-refractivity contribution is 7.92. The Labute approximate surface area is 126 Å². The molecule has 0 radical (unpaired) electrons. The third-order valence-corrected chi connectivity index (χ3v) is 4.42. The maximum absolute atomic E-state index is 12.2. The van der Waals surface area contributed by atoms with Crippen LogP contribution in [0.2, 0.25) is 10.0 Å². The van der Waals surface area contributed by atoms with E-state index in [2.05, 4.69) is 4.72 Å². The van der Waals surface area contributed by atoms with Crippen LogP contribution in [0.5, 0.6) is 0 Å². The molecule has 2 rings (SSSR count). The molecule has 0 amide bonds. The Kier molecular flexibility index (Phi) is 4.32. The van der Waals surface area contributed by atoms with E-state index in [0.717, 1.165) is 0 Å². The number of halogens is 2. The van der Waals surface area contributed by atoms with Gasteiger partial charge in [-0.1, -0.05) is 41.4 Å². The average molecular weight is 330 g/mol. The van der Waals surface area contributed by atoms with Gasteiger partial charge in [0, 0.05) is 5.02 Å². The SMILES string of the molecule is O=Cc1c(Cl)cc(Cl)cc1NS(=O)(=O)c1ccccc1. The summed E-state index contributed by atoms with van der Waals surface area (Å²) in [6.07, 6.45) is 0.474. The first-order valence-electron chi connectivity index (χ1n) is 5.46. The lowest BCUT2D eigenvalue weighted by Crippen LogP contribution is -2.14. The molecule has 0 aromatic heterocycles. The van der Waals surface area contributed by atoms with Crippen LogP contribution in [0.25, 0.3) is 0 Å². The fraction of sp³-hybridized carbons (Fsp3) is 0. The van der Waals surface area contributed by atoms with Gasteiger partial charge in [0.1, 0.15) is 0 Å². The van der Waals surface area contributed by atoms with E-state index in [0.29, 0.717) is 6.29 Å². The lowest BCUT2D eigenvalue weighted by atomic mass is 10.2. The lowest BCUT2D eigenvalue weighted by molar-refractivity contribution is 0.112. The molecule has 0 aliphatic carbocycles. The first kappa shape index (κ1) is 14.8. The minimum atomic E-state index is -3.81. The summed E-state index contributed by atoms with van der Waals surface area (Å²) in [6.45, 7) is 0. The van der Waals surface area contributed by atoms with Crippen molar-refractivity contribution in [2.45, 2.75) is 4.90 Å². The monoisotopic (exact) mass is 329 g/mol. The quantitative estimate of drug-likeness (QED) is 0.871. The number of carbonyl (C=O) groups is 1. The molecule has 1 N–H and O–H groups in total. The van der Waals surface area contributed by atoms with Crippen molar-refractivity contribution in [2.24, 2.45) is 0 Å². The van der Waals surface area contributed by atoms with Gasteiger partial charge in [-0.2, -0.15) is 0 Å². The van der Waals surface area contributed by atoms with Crippen molar-refractivity contribution in [3.8, 4) is 0 Å². The standard InChI is InChI=1S/C13H9Cl2NO3S/c14-9-6-12(15)11(8-17)13(7-9)16-20(18,19)10-4-2-1-3-5-10/h1-8,16H. The van der Waals surface area contributed by atoms with Crippen LogP contribution in [-0.4, -0.2) is 14.7 Å². The van der Waals surface area contributed by atoms with Crippen molar-refractivity contribution in [3.05, 3.63) is 58.1 Å². The second-order valence-corrected chi connectivity index (χ2v) is 6.41. The first-order chi connectivity index (χ1) is 9.44. The zero-order valence-electron chi connectivity index (χ0n) is 10.0. The van der Waals surface area contributed by atoms with Crippen molar-refractivity contribution in [1.82, 2.24) is 0 Å². The van der Waals surface area contributed by atoms with E-state index in [1.54, 1.807) is 18.2 Å². The van der Waals surface area contributed by atoms with Gasteiger partial charge >= 0.3 is 0 Å². The lowest BCUT2D eigenvalue weighted by Gasteiger charge is -2.11. The molecule has 0 fully saturated rings. The van der Waals surface area contributed by atoms with Gasteiger partial charge in [-0.3, -0.25) is 9.52 Å². The Bertz CT molecular complexity index is 746. The molecule has 20 heavy (non-hydrogen) atoms. The van der Waals surface area contributed by atoms with E-state index < -0.39 is 10.0 Å². The molecule has 2 aromatic rings. The van der Waals surface area contributed by atoms with E-state index in [1.165, 1.54) is 24.3 Å². The number of rotatable bonds is 4. The molecule has 0 saturated heterocycles. The minimum absolute atomic E-state index is 0.0376. The van der Waals surface area contributed by atoms with Gasteiger partial charge in [-0.15, -0.1) is 0 Å². The Morgan fingerprint density at radius 2 is 1.70 bits per heavy atom. The van der Waals surface area contributed by atoms with Crippen molar-refractivity contribution >= 4 is 45.2 Å². The molecule has 0 bridgehead atoms. The number of anilines is 1. The second-order valence-electron chi connectivity index (χ2n) is 3.89. The first-order valence-corrected chi connectivity index (χ1v) is 7.70. The minimum Gasteiger partial charge on any atom is -0.298 e. The summed E-state index contributed by atoms with van der Waals surface area (Å²) in [5.41, 5.74) is 0.0805. The van der Waals surface area contributed by atoms with E-state index in [1.807, 2.05) is 0 Å². The molecule has 0 spiro atoms. The van der Waals surface area contributed by atoms with Gasteiger partial charge in [-0.05, 0) is 24.3 Å². The van der Waals surface area contributed by atoms with E-state index in [-0.39, 0.29) is 26.2 Å². The van der Waals surface area contributed by atoms with Gasteiger partial charge in [0.05, 0.1) is 21.2 Å². The number of hydrogen-bond acceptors (Lipinski definition) is 3. The van der Waals surface area contributed by atoms with E-state index in [9.17, 15) is 13.2 Å². The molecule has 0 saturated carbocycles. The highest BCUT2D eigenvalue weighted by atomic mass is 35.5. The predicted molar refractivity (Wildman–Crippen MR) is 79.1 cm³/mol. The molecule has 104 valence electrons. The second kappa shape index (κ2) is 5.83. The summed E-state index contributed by atoms with van der Waals surface area (Å²) < 4.78 is 26.7. The van der Waals surface area contributed by atoms with Crippen molar-refractivity contribution in [1.29, 1.82) is 0 Å². The summed E-state index contributed by atoms with van der Waals surface area (Å²) in [6, 6.07) is 10.5. The third-order valence-electron chi connectivity index (χ3n) is 2.51. The highest BCUT2D eigenvalue weighted by Gasteiger charge is 2.17. The van der Waals surface area contributed by atoms with Gasteiger partial charge in [0.15, 0.2) is 6.29 Å². The normalized spacial score (nSPS) is 11.1. The largest absolute Gasteiger partial charge is 0.298 e. The van der Waals surface area contributed by atoms with Crippen LogP contribution in [0.4, 0.5) is 5.69 Å². The number of carbonyl (C=O) groups excluding carboxylic acids is 1. The van der Waals surface area contributed by atoms with Gasteiger partial charge in [0.2, 0.25) is 0 Å². The maximum Gasteiger partial charge on any atom is 0.261 e. The molecule has 2 aromatic carbocycles. The molecular weight excluding hydrogens is 321 g/mol. The fourth-order valence-electron chi connectivity index (χ4n) is 1.59. The Morgan fingerprint density at radius 1 is 1.05 bits per heavy atom. The number of nitrogens with one attached hydrogen (secondary N) is 1. The van der Waals surface area contributed by atoms with Gasteiger partial charge in [-0.25, -0.2) is 8.42 Å². The third kappa shape index (κ3) is 3.12. The summed E-state index contributed by atoms with van der Waals surface area (Å²) in [7, 11) is -3.81. The highest BCUT2D eigenvalue weighted by Crippen LogP contribution is 2.29. The fourth-order valence-corrected chi connectivity index (χ4v) is 3.22. The number of sulfonamides is 1. The zero-order valence-corrected chi connectivity index (χ0v) is 12.3. The van der Waals surface area contributed by atoms with Crippen molar-refractivity contribution in [3.63, 3.8) is 0 Å². The molecule has 7 heteroatoms. The Hall–Kier alpha value is -1.56. The summed E-state index contributed by atoms with van der Waals surface area (Å²) in [4.78, 5) is 11.1. The maximum atomic E-state index is 12.2. The van der Waals surface area contributed by atoms with Crippen LogP contribution in [0.3, 0.4) is 0 Å². The smallest absolute Gasteiger partial charge is 0.261 e. The Morgan fingerprint density at radius 3 is 2.30 bits per heavy atom. The number of hydrogen-bond donors (Lipinski definition) is 1. The molecule has 0 unspecified atom stereocenters. The number of aldehydes is 1. The average Bonchev–Trinajstić information content (AvgIpc) is 2.39. The van der Waals surface area contributed by atoms with Gasteiger partial charge < -0.3 is 0 Å². The molecular formula is C13H9Cl2NO3S. The van der Waals surface area contributed by atoms with Crippen LogP contribution >= 0.6 is 23.2 Å². The molecule has 0 aliphatic heterocycles. The Balaban J connectivity index is 2.47. The summed E-state index contributed by atoms with van der Waals surface area (Å²) in [5, 5.41) is 0.310. The van der Waals surface area contributed by atoms with Crippen LogP contribution in [0, 0.1) is 0 Å². The molecule has 0 heterocycles. The van der Waals surface area contributed by atoms with E-state index >= 15 is 0 Å². The van der Waals surface area contributed by atoms with Crippen LogP contribution in [0.15, 0.2) is 47.4 Å². The summed E-state index contributed by atoms with van der Waals surface area (Å²) in [5.74, 6) is 0.